The molecule has 0 bridgehead atoms. The Morgan fingerprint density at radius 1 is 1.33 bits per heavy atom. The van der Waals surface area contributed by atoms with E-state index < -0.39 is 5.95 Å². The summed E-state index contributed by atoms with van der Waals surface area (Å²) in [5.74, 6) is -0.564. The van der Waals surface area contributed by atoms with Crippen molar-refractivity contribution in [3.63, 3.8) is 0 Å². The largest absolute Gasteiger partial charge is 0.331 e. The fourth-order valence-electron chi connectivity index (χ4n) is 1.25. The predicted molar refractivity (Wildman–Crippen MR) is 43.6 cm³/mol. The molecule has 0 amide bonds. The smallest absolute Gasteiger partial charge is 0.202 e. The van der Waals surface area contributed by atoms with Crippen LogP contribution in [0, 0.1) is 5.95 Å². The van der Waals surface area contributed by atoms with Crippen molar-refractivity contribution in [2.24, 2.45) is 0 Å². The first-order valence-corrected chi connectivity index (χ1v) is 3.54. The molecule has 0 aliphatic rings. The van der Waals surface area contributed by atoms with E-state index >= 15 is 0 Å². The normalized spacial score (nSPS) is 10.4. The van der Waals surface area contributed by atoms with Gasteiger partial charge in [-0.1, -0.05) is 18.2 Å². The lowest BCUT2D eigenvalue weighted by molar-refractivity contribution is 0.112. The molecule has 0 aliphatic carbocycles. The van der Waals surface area contributed by atoms with Gasteiger partial charge in [0.1, 0.15) is 0 Å². The summed E-state index contributed by atoms with van der Waals surface area (Å²) >= 11 is 0. The number of aromatic amines is 1. The van der Waals surface area contributed by atoms with Crippen LogP contribution in [0.4, 0.5) is 4.39 Å². The Bertz CT molecular complexity index is 433. The zero-order valence-electron chi connectivity index (χ0n) is 6.17. The molecule has 3 heteroatoms. The quantitative estimate of drug-likeness (QED) is 0.641. The number of carbonyl (C=O) groups is 1. The van der Waals surface area contributed by atoms with Gasteiger partial charge in [-0.3, -0.25) is 4.79 Å². The monoisotopic (exact) mass is 163 g/mol. The molecular formula is C9H6FNO. The van der Waals surface area contributed by atoms with E-state index in [0.29, 0.717) is 17.2 Å². The standard InChI is InChI=1S/C9H6FNO/c10-9-7(5-12)6-3-1-2-4-8(6)11-9/h1-5,11H. The van der Waals surface area contributed by atoms with Crippen molar-refractivity contribution in [2.75, 3.05) is 0 Å². The maximum atomic E-state index is 12.9. The van der Waals surface area contributed by atoms with Gasteiger partial charge in [0.2, 0.25) is 5.95 Å². The lowest BCUT2D eigenvalue weighted by atomic mass is 10.2. The molecule has 1 N–H and O–H groups in total. The van der Waals surface area contributed by atoms with Crippen LogP contribution in [0.25, 0.3) is 10.9 Å². The highest BCUT2D eigenvalue weighted by molar-refractivity contribution is 5.97. The summed E-state index contributed by atoms with van der Waals surface area (Å²) in [5, 5.41) is 0.630. The Hall–Kier alpha value is -1.64. The van der Waals surface area contributed by atoms with E-state index in [1.54, 1.807) is 24.3 Å². The van der Waals surface area contributed by atoms with Crippen LogP contribution in [0.1, 0.15) is 10.4 Å². The second-order valence-electron chi connectivity index (χ2n) is 2.52. The van der Waals surface area contributed by atoms with E-state index in [-0.39, 0.29) is 5.56 Å². The van der Waals surface area contributed by atoms with Crippen molar-refractivity contribution in [1.29, 1.82) is 0 Å². The van der Waals surface area contributed by atoms with Crippen LogP contribution in [0.3, 0.4) is 0 Å². The first kappa shape index (κ1) is 7.03. The molecule has 0 unspecified atom stereocenters. The number of hydrogen-bond acceptors (Lipinski definition) is 1. The average molecular weight is 163 g/mol. The van der Waals surface area contributed by atoms with Crippen LogP contribution in [-0.2, 0) is 0 Å². The molecule has 0 atom stereocenters. The predicted octanol–water partition coefficient (Wildman–Crippen LogP) is 2.12. The number of rotatable bonds is 1. The summed E-state index contributed by atoms with van der Waals surface area (Å²) in [4.78, 5) is 12.9. The van der Waals surface area contributed by atoms with Crippen LogP contribution in [-0.4, -0.2) is 11.3 Å². The third-order valence-corrected chi connectivity index (χ3v) is 1.82. The Labute approximate surface area is 68.0 Å². The molecule has 0 saturated heterocycles. The number of benzene rings is 1. The highest BCUT2D eigenvalue weighted by Crippen LogP contribution is 2.18. The first-order chi connectivity index (χ1) is 5.83. The molecule has 0 fully saturated rings. The third-order valence-electron chi connectivity index (χ3n) is 1.82. The molecular weight excluding hydrogens is 157 g/mol. The number of carbonyl (C=O) groups excluding carboxylic acids is 1. The Kier molecular flexibility index (Phi) is 1.43. The average Bonchev–Trinajstić information content (AvgIpc) is 2.40. The summed E-state index contributed by atoms with van der Waals surface area (Å²) in [6.07, 6.45) is 0.522. The fraction of sp³-hybridized carbons (Fsp3) is 0. The van der Waals surface area contributed by atoms with Crippen LogP contribution < -0.4 is 0 Å². The minimum atomic E-state index is -0.564. The summed E-state index contributed by atoms with van der Waals surface area (Å²) in [7, 11) is 0. The Morgan fingerprint density at radius 2 is 2.08 bits per heavy atom. The third kappa shape index (κ3) is 0.830. The zero-order valence-corrected chi connectivity index (χ0v) is 6.17. The van der Waals surface area contributed by atoms with Gasteiger partial charge in [0, 0.05) is 10.9 Å². The van der Waals surface area contributed by atoms with Crippen LogP contribution in [0.15, 0.2) is 24.3 Å². The van der Waals surface area contributed by atoms with Gasteiger partial charge in [-0.2, -0.15) is 4.39 Å². The second-order valence-corrected chi connectivity index (χ2v) is 2.52. The van der Waals surface area contributed by atoms with Gasteiger partial charge in [-0.05, 0) is 6.07 Å². The van der Waals surface area contributed by atoms with Crippen molar-refractivity contribution in [1.82, 2.24) is 4.98 Å². The number of para-hydroxylation sites is 1. The highest BCUT2D eigenvalue weighted by atomic mass is 19.1. The fourth-order valence-corrected chi connectivity index (χ4v) is 1.25. The molecule has 60 valence electrons. The van der Waals surface area contributed by atoms with Crippen molar-refractivity contribution in [2.45, 2.75) is 0 Å². The number of nitrogens with one attached hydrogen (secondary N) is 1. The topological polar surface area (TPSA) is 32.9 Å². The van der Waals surface area contributed by atoms with Gasteiger partial charge in [-0.25, -0.2) is 0 Å². The lowest BCUT2D eigenvalue weighted by Gasteiger charge is -1.86. The zero-order chi connectivity index (χ0) is 8.55. The number of fused-ring (bicyclic) bond motifs is 1. The van der Waals surface area contributed by atoms with Gasteiger partial charge >= 0.3 is 0 Å². The van der Waals surface area contributed by atoms with E-state index in [9.17, 15) is 9.18 Å². The molecule has 1 aromatic heterocycles. The van der Waals surface area contributed by atoms with Crippen molar-refractivity contribution >= 4 is 17.2 Å². The molecule has 0 radical (unpaired) electrons. The van der Waals surface area contributed by atoms with Crippen molar-refractivity contribution in [3.8, 4) is 0 Å². The SMILES string of the molecule is O=Cc1c(F)[nH]c2ccccc12. The number of aldehydes is 1. The molecule has 1 heterocycles. The molecule has 0 saturated carbocycles. The van der Waals surface area contributed by atoms with Gasteiger partial charge in [0.15, 0.2) is 6.29 Å². The van der Waals surface area contributed by atoms with E-state index in [2.05, 4.69) is 4.98 Å². The Balaban J connectivity index is 2.90. The molecule has 2 aromatic rings. The first-order valence-electron chi connectivity index (χ1n) is 3.54. The molecule has 2 rings (SSSR count). The minimum absolute atomic E-state index is 0.102. The number of H-pyrrole nitrogens is 1. The molecule has 12 heavy (non-hydrogen) atoms. The van der Waals surface area contributed by atoms with Crippen LogP contribution >= 0.6 is 0 Å². The van der Waals surface area contributed by atoms with E-state index in [4.69, 9.17) is 0 Å². The molecule has 0 spiro atoms. The summed E-state index contributed by atoms with van der Waals surface area (Å²) < 4.78 is 12.9. The van der Waals surface area contributed by atoms with E-state index in [1.165, 1.54) is 0 Å². The number of hydrogen-bond donors (Lipinski definition) is 1. The second kappa shape index (κ2) is 2.44. The number of aromatic nitrogens is 1. The summed E-state index contributed by atoms with van der Waals surface area (Å²) in [5.41, 5.74) is 0.753. The van der Waals surface area contributed by atoms with Gasteiger partial charge in [0.05, 0.1) is 5.56 Å². The number of halogens is 1. The van der Waals surface area contributed by atoms with Crippen LogP contribution in [0.2, 0.25) is 0 Å². The molecule has 2 nitrogen and oxygen atoms in total. The molecule has 1 aromatic carbocycles. The Morgan fingerprint density at radius 3 is 2.83 bits per heavy atom. The van der Waals surface area contributed by atoms with Crippen molar-refractivity contribution in [3.05, 3.63) is 35.8 Å². The van der Waals surface area contributed by atoms with Crippen LogP contribution in [0.5, 0.6) is 0 Å². The summed E-state index contributed by atoms with van der Waals surface area (Å²) in [6, 6.07) is 6.99. The van der Waals surface area contributed by atoms with Gasteiger partial charge < -0.3 is 4.98 Å². The van der Waals surface area contributed by atoms with Gasteiger partial charge in [0.25, 0.3) is 0 Å². The summed E-state index contributed by atoms with van der Waals surface area (Å²) in [6.45, 7) is 0. The van der Waals surface area contributed by atoms with Crippen molar-refractivity contribution < 1.29 is 9.18 Å². The molecule has 0 aliphatic heterocycles. The maximum absolute atomic E-state index is 12.9. The van der Waals surface area contributed by atoms with Gasteiger partial charge in [-0.15, -0.1) is 0 Å². The highest BCUT2D eigenvalue weighted by Gasteiger charge is 2.08. The minimum Gasteiger partial charge on any atom is -0.331 e. The maximum Gasteiger partial charge on any atom is 0.202 e. The van der Waals surface area contributed by atoms with E-state index in [0.717, 1.165) is 0 Å². The van der Waals surface area contributed by atoms with E-state index in [1.807, 2.05) is 0 Å². The lowest BCUT2D eigenvalue weighted by Crippen LogP contribution is -1.80.